The van der Waals surface area contributed by atoms with Gasteiger partial charge in [-0.2, -0.15) is 0 Å². The largest absolute Gasteiger partial charge is 0.384 e. The summed E-state index contributed by atoms with van der Waals surface area (Å²) < 4.78 is 0. The monoisotopic (exact) mass is 201 g/mol. The maximum Gasteiger partial charge on any atom is 0.101 e. The van der Waals surface area contributed by atoms with Crippen molar-refractivity contribution in [2.75, 3.05) is 0 Å². The van der Waals surface area contributed by atoms with Crippen molar-refractivity contribution < 1.29 is 24.6 Å². The van der Waals surface area contributed by atoms with Crippen LogP contribution in [0.4, 0.5) is 0 Å². The van der Waals surface area contributed by atoms with E-state index in [0.29, 0.717) is 5.69 Å². The molecule has 1 N–H and O–H groups in total. The molecule has 56 valence electrons. The second-order valence-electron chi connectivity index (χ2n) is 2.77. The molecule has 1 aromatic heterocycles. The molecule has 0 aliphatic rings. The van der Waals surface area contributed by atoms with Gasteiger partial charge in [-0.05, 0) is 26.0 Å². The van der Waals surface area contributed by atoms with E-state index in [1.165, 1.54) is 0 Å². The van der Waals surface area contributed by atoms with E-state index in [-0.39, 0.29) is 19.5 Å². The standard InChI is InChI=1S/C8H11NO.Zn/c1-8(2,10)7-5-3-4-6-9-7;/h3-6,10H,1-2H3;. The van der Waals surface area contributed by atoms with E-state index in [2.05, 4.69) is 4.98 Å². The second kappa shape index (κ2) is 3.94. The van der Waals surface area contributed by atoms with E-state index >= 15 is 0 Å². The van der Waals surface area contributed by atoms with Crippen molar-refractivity contribution in [3.63, 3.8) is 0 Å². The van der Waals surface area contributed by atoms with Gasteiger partial charge in [0.15, 0.2) is 0 Å². The Morgan fingerprint density at radius 3 is 2.27 bits per heavy atom. The van der Waals surface area contributed by atoms with Crippen LogP contribution in [0.15, 0.2) is 24.4 Å². The molecular weight excluding hydrogens is 191 g/mol. The third-order valence-corrected chi connectivity index (χ3v) is 1.29. The van der Waals surface area contributed by atoms with Crippen LogP contribution >= 0.6 is 0 Å². The Morgan fingerprint density at radius 1 is 1.36 bits per heavy atom. The molecule has 1 rings (SSSR count). The number of nitrogens with zero attached hydrogens (tertiary/aromatic N) is 1. The summed E-state index contributed by atoms with van der Waals surface area (Å²) in [5.74, 6) is 0. The van der Waals surface area contributed by atoms with Gasteiger partial charge in [-0.3, -0.25) is 4.98 Å². The third-order valence-electron chi connectivity index (χ3n) is 1.29. The number of hydrogen-bond acceptors (Lipinski definition) is 2. The molecule has 0 unspecified atom stereocenters. The van der Waals surface area contributed by atoms with Gasteiger partial charge in [0.25, 0.3) is 0 Å². The van der Waals surface area contributed by atoms with Crippen LogP contribution in [0.3, 0.4) is 0 Å². The quantitative estimate of drug-likeness (QED) is 0.697. The summed E-state index contributed by atoms with van der Waals surface area (Å²) in [5, 5.41) is 9.43. The predicted octanol–water partition coefficient (Wildman–Crippen LogP) is 1.31. The smallest absolute Gasteiger partial charge is 0.101 e. The molecule has 0 fully saturated rings. The maximum absolute atomic E-state index is 9.43. The molecule has 0 saturated heterocycles. The van der Waals surface area contributed by atoms with Gasteiger partial charge in [0, 0.05) is 25.7 Å². The first-order valence-corrected chi connectivity index (χ1v) is 3.24. The van der Waals surface area contributed by atoms with Crippen LogP contribution in [-0.2, 0) is 25.1 Å². The Bertz CT molecular complexity index is 205. The molecule has 1 heterocycles. The van der Waals surface area contributed by atoms with Gasteiger partial charge >= 0.3 is 0 Å². The molecular formula is C8H11NOZn. The Balaban J connectivity index is 0.000001000. The number of aromatic nitrogens is 1. The van der Waals surface area contributed by atoms with Gasteiger partial charge in [-0.25, -0.2) is 0 Å². The van der Waals surface area contributed by atoms with Gasteiger partial charge in [0.1, 0.15) is 5.60 Å². The summed E-state index contributed by atoms with van der Waals surface area (Å²) in [6.45, 7) is 3.44. The summed E-state index contributed by atoms with van der Waals surface area (Å²) in [6, 6.07) is 5.50. The zero-order valence-corrected chi connectivity index (χ0v) is 9.88. The molecule has 3 heteroatoms. The molecule has 0 atom stereocenters. The van der Waals surface area contributed by atoms with Gasteiger partial charge in [0.05, 0.1) is 5.69 Å². The number of pyridine rings is 1. The van der Waals surface area contributed by atoms with Crippen LogP contribution in [0.1, 0.15) is 19.5 Å². The fraction of sp³-hybridized carbons (Fsp3) is 0.375. The molecule has 0 aliphatic heterocycles. The van der Waals surface area contributed by atoms with E-state index in [9.17, 15) is 5.11 Å². The van der Waals surface area contributed by atoms with Crippen molar-refractivity contribution >= 4 is 0 Å². The number of aliphatic hydroxyl groups is 1. The van der Waals surface area contributed by atoms with Crippen LogP contribution < -0.4 is 0 Å². The summed E-state index contributed by atoms with van der Waals surface area (Å²) in [7, 11) is 0. The predicted molar refractivity (Wildman–Crippen MR) is 39.5 cm³/mol. The van der Waals surface area contributed by atoms with Crippen molar-refractivity contribution in [1.29, 1.82) is 0 Å². The van der Waals surface area contributed by atoms with Crippen molar-refractivity contribution in [3.8, 4) is 0 Å². The van der Waals surface area contributed by atoms with E-state index in [4.69, 9.17) is 0 Å². The maximum atomic E-state index is 9.43. The first-order chi connectivity index (χ1) is 4.61. The van der Waals surface area contributed by atoms with Crippen LogP contribution in [-0.4, -0.2) is 10.1 Å². The van der Waals surface area contributed by atoms with Gasteiger partial charge in [-0.15, -0.1) is 0 Å². The van der Waals surface area contributed by atoms with Crippen molar-refractivity contribution in [3.05, 3.63) is 30.1 Å². The van der Waals surface area contributed by atoms with E-state index in [0.717, 1.165) is 0 Å². The Hall–Kier alpha value is -0.267. The van der Waals surface area contributed by atoms with Crippen LogP contribution in [0, 0.1) is 0 Å². The minimum absolute atomic E-state index is 0. The first kappa shape index (κ1) is 10.7. The molecule has 0 amide bonds. The molecule has 0 spiro atoms. The second-order valence-corrected chi connectivity index (χ2v) is 2.77. The van der Waals surface area contributed by atoms with E-state index < -0.39 is 5.60 Å². The number of hydrogen-bond donors (Lipinski definition) is 1. The minimum Gasteiger partial charge on any atom is -0.384 e. The van der Waals surface area contributed by atoms with Gasteiger partial charge < -0.3 is 5.11 Å². The Kier molecular flexibility index (Phi) is 3.84. The average Bonchev–Trinajstić information content (AvgIpc) is 1.88. The van der Waals surface area contributed by atoms with Crippen LogP contribution in [0.5, 0.6) is 0 Å². The molecule has 0 radical (unpaired) electrons. The molecule has 0 saturated carbocycles. The molecule has 1 aromatic rings. The fourth-order valence-electron chi connectivity index (χ4n) is 0.725. The van der Waals surface area contributed by atoms with E-state index in [1.807, 2.05) is 12.1 Å². The summed E-state index contributed by atoms with van der Waals surface area (Å²) in [4.78, 5) is 4.00. The summed E-state index contributed by atoms with van der Waals surface area (Å²) in [5.41, 5.74) is -0.114. The molecule has 0 bridgehead atoms. The zero-order chi connectivity index (χ0) is 7.61. The van der Waals surface area contributed by atoms with Crippen molar-refractivity contribution in [2.24, 2.45) is 0 Å². The SMILES string of the molecule is CC(C)(O)c1ccccn1.[Zn]. The third kappa shape index (κ3) is 3.09. The summed E-state index contributed by atoms with van der Waals surface area (Å²) >= 11 is 0. The van der Waals surface area contributed by atoms with Gasteiger partial charge in [-0.1, -0.05) is 6.07 Å². The molecule has 11 heavy (non-hydrogen) atoms. The average molecular weight is 203 g/mol. The normalized spacial score (nSPS) is 10.5. The minimum atomic E-state index is -0.818. The van der Waals surface area contributed by atoms with Crippen molar-refractivity contribution in [2.45, 2.75) is 19.4 Å². The summed E-state index contributed by atoms with van der Waals surface area (Å²) in [6.07, 6.45) is 1.67. The number of rotatable bonds is 1. The van der Waals surface area contributed by atoms with Crippen LogP contribution in [0.25, 0.3) is 0 Å². The van der Waals surface area contributed by atoms with Crippen molar-refractivity contribution in [1.82, 2.24) is 4.98 Å². The Morgan fingerprint density at radius 2 is 2.00 bits per heavy atom. The van der Waals surface area contributed by atoms with Gasteiger partial charge in [0.2, 0.25) is 0 Å². The first-order valence-electron chi connectivity index (χ1n) is 3.24. The zero-order valence-electron chi connectivity index (χ0n) is 6.91. The Labute approximate surface area is 79.4 Å². The van der Waals surface area contributed by atoms with Crippen LogP contribution in [0.2, 0.25) is 0 Å². The topological polar surface area (TPSA) is 33.1 Å². The van der Waals surface area contributed by atoms with E-state index in [1.54, 1.807) is 26.1 Å². The fourth-order valence-corrected chi connectivity index (χ4v) is 0.725. The molecule has 0 aromatic carbocycles. The molecule has 0 aliphatic carbocycles. The molecule has 2 nitrogen and oxygen atoms in total.